The molecule has 126 valence electrons. The zero-order chi connectivity index (χ0) is 17.4. The largest absolute Gasteiger partial charge is 0.324 e. The van der Waals surface area contributed by atoms with Crippen LogP contribution in [0, 0.1) is 11.3 Å². The van der Waals surface area contributed by atoms with Crippen molar-refractivity contribution in [3.05, 3.63) is 30.1 Å². The summed E-state index contributed by atoms with van der Waals surface area (Å²) in [6.07, 6.45) is 1.25. The fourth-order valence-electron chi connectivity index (χ4n) is 1.88. The lowest BCUT2D eigenvalue weighted by Crippen LogP contribution is -2.15. The summed E-state index contributed by atoms with van der Waals surface area (Å²) in [4.78, 5) is 17.4. The summed E-state index contributed by atoms with van der Waals surface area (Å²) in [7, 11) is 0. The smallest absolute Gasteiger partial charge is 0.234 e. The number of rotatable bonds is 8. The van der Waals surface area contributed by atoms with Gasteiger partial charge in [0.15, 0.2) is 0 Å². The summed E-state index contributed by atoms with van der Waals surface area (Å²) in [5, 5.41) is 19.3. The van der Waals surface area contributed by atoms with Crippen molar-refractivity contribution in [2.45, 2.75) is 42.0 Å². The van der Waals surface area contributed by atoms with Crippen LogP contribution in [-0.4, -0.2) is 32.1 Å². The van der Waals surface area contributed by atoms with E-state index in [4.69, 9.17) is 5.26 Å². The Balaban J connectivity index is 1.92. The number of benzene rings is 1. The number of aryl methyl sites for hydroxylation is 1. The van der Waals surface area contributed by atoms with Gasteiger partial charge in [0.05, 0.1) is 17.5 Å². The Kier molecular flexibility index (Phi) is 7.15. The predicted octanol–water partition coefficient (Wildman–Crippen LogP) is 3.49. The van der Waals surface area contributed by atoms with E-state index in [0.29, 0.717) is 11.6 Å². The maximum absolute atomic E-state index is 12.2. The van der Waals surface area contributed by atoms with Gasteiger partial charge in [0.25, 0.3) is 0 Å². The number of hydrogen-bond acceptors (Lipinski definition) is 6. The molecular formula is C16H19N5OS2. The van der Waals surface area contributed by atoms with Crippen molar-refractivity contribution < 1.29 is 4.79 Å². The van der Waals surface area contributed by atoms with Crippen LogP contribution in [0.1, 0.15) is 26.1 Å². The molecule has 0 radical (unpaired) electrons. The Bertz CT molecular complexity index is 725. The fraction of sp³-hybridized carbons (Fsp3) is 0.375. The number of nitriles is 1. The maximum Gasteiger partial charge on any atom is 0.234 e. The number of aromatic amines is 1. The average molecular weight is 361 g/mol. The first-order valence-electron chi connectivity index (χ1n) is 7.59. The number of para-hydroxylation sites is 1. The summed E-state index contributed by atoms with van der Waals surface area (Å²) in [6.45, 7) is 3.99. The van der Waals surface area contributed by atoms with E-state index < -0.39 is 0 Å². The molecule has 2 N–H and O–H groups in total. The van der Waals surface area contributed by atoms with Crippen molar-refractivity contribution in [1.29, 1.82) is 5.26 Å². The molecule has 2 aromatic rings. The molecular weight excluding hydrogens is 342 g/mol. The maximum atomic E-state index is 12.2. The van der Waals surface area contributed by atoms with Gasteiger partial charge in [-0.3, -0.25) is 9.89 Å². The Labute approximate surface area is 149 Å². The van der Waals surface area contributed by atoms with Crippen molar-refractivity contribution in [3.8, 4) is 6.07 Å². The highest BCUT2D eigenvalue weighted by atomic mass is 32.2. The summed E-state index contributed by atoms with van der Waals surface area (Å²) in [5.41, 5.74) is 0.766. The zero-order valence-electron chi connectivity index (χ0n) is 13.6. The van der Waals surface area contributed by atoms with Crippen molar-refractivity contribution in [2.24, 2.45) is 0 Å². The Morgan fingerprint density at radius 2 is 2.25 bits per heavy atom. The molecule has 0 unspecified atom stereocenters. The predicted molar refractivity (Wildman–Crippen MR) is 97.1 cm³/mol. The summed E-state index contributed by atoms with van der Waals surface area (Å²) in [5.74, 6) is 0.947. The minimum Gasteiger partial charge on any atom is -0.324 e. The number of anilines is 1. The van der Waals surface area contributed by atoms with Gasteiger partial charge in [-0.2, -0.15) is 5.26 Å². The zero-order valence-corrected chi connectivity index (χ0v) is 15.2. The molecule has 0 saturated carbocycles. The number of carbonyl (C=O) groups excluding carboxylic acids is 1. The highest BCUT2D eigenvalue weighted by molar-refractivity contribution is 8.00. The molecule has 1 aromatic heterocycles. The third-order valence-electron chi connectivity index (χ3n) is 3.05. The van der Waals surface area contributed by atoms with Gasteiger partial charge < -0.3 is 5.32 Å². The normalized spacial score (nSPS) is 11.7. The molecule has 0 saturated heterocycles. The van der Waals surface area contributed by atoms with Gasteiger partial charge in [0, 0.05) is 23.0 Å². The van der Waals surface area contributed by atoms with Crippen LogP contribution in [0.5, 0.6) is 0 Å². The van der Waals surface area contributed by atoms with E-state index in [1.807, 2.05) is 38.1 Å². The van der Waals surface area contributed by atoms with E-state index in [9.17, 15) is 4.79 Å². The van der Waals surface area contributed by atoms with Crippen molar-refractivity contribution in [3.63, 3.8) is 0 Å². The lowest BCUT2D eigenvalue weighted by atomic mass is 10.3. The molecule has 1 atom stereocenters. The highest BCUT2D eigenvalue weighted by Crippen LogP contribution is 2.31. The van der Waals surface area contributed by atoms with Crippen LogP contribution in [0.2, 0.25) is 0 Å². The quantitative estimate of drug-likeness (QED) is 0.699. The number of carbonyl (C=O) groups is 1. The highest BCUT2D eigenvalue weighted by Gasteiger charge is 2.12. The minimum atomic E-state index is -0.108. The molecule has 24 heavy (non-hydrogen) atoms. The second-order valence-electron chi connectivity index (χ2n) is 5.04. The molecule has 0 aliphatic rings. The number of nitrogens with zero attached hydrogens (tertiary/aromatic N) is 3. The average Bonchev–Trinajstić information content (AvgIpc) is 3.03. The molecule has 0 fully saturated rings. The first-order chi connectivity index (χ1) is 11.6. The minimum absolute atomic E-state index is 0.108. The van der Waals surface area contributed by atoms with E-state index in [-0.39, 0.29) is 16.9 Å². The van der Waals surface area contributed by atoms with Gasteiger partial charge >= 0.3 is 0 Å². The number of aromatic nitrogens is 3. The van der Waals surface area contributed by atoms with Crippen LogP contribution in [0.4, 0.5) is 5.69 Å². The van der Waals surface area contributed by atoms with Gasteiger partial charge in [-0.1, -0.05) is 37.7 Å². The fourth-order valence-corrected chi connectivity index (χ4v) is 3.49. The third kappa shape index (κ3) is 5.58. The lowest BCUT2D eigenvalue weighted by molar-refractivity contribution is -0.113. The van der Waals surface area contributed by atoms with E-state index in [1.165, 1.54) is 11.8 Å². The number of H-pyrrole nitrogens is 1. The second-order valence-corrected chi connectivity index (χ2v) is 7.46. The SMILES string of the molecule is CCc1nc(SCC(=O)Nc2ccccc2S[C@@H](C)CC#N)n[nH]1. The van der Waals surface area contributed by atoms with Gasteiger partial charge in [-0.25, -0.2) is 4.98 Å². The molecule has 0 bridgehead atoms. The molecule has 8 heteroatoms. The number of hydrogen-bond donors (Lipinski definition) is 2. The first kappa shape index (κ1) is 18.4. The molecule has 6 nitrogen and oxygen atoms in total. The van der Waals surface area contributed by atoms with E-state index >= 15 is 0 Å². The van der Waals surface area contributed by atoms with E-state index in [0.717, 1.165) is 22.8 Å². The first-order valence-corrected chi connectivity index (χ1v) is 9.45. The molecule has 2 rings (SSSR count). The molecule has 1 heterocycles. The number of thioether (sulfide) groups is 2. The van der Waals surface area contributed by atoms with Crippen LogP contribution in [0.15, 0.2) is 34.3 Å². The number of nitrogens with one attached hydrogen (secondary N) is 2. The standard InChI is InChI=1S/C16H19N5OS2/c1-3-14-19-16(21-20-14)23-10-15(22)18-12-6-4-5-7-13(12)24-11(2)8-9-17/h4-7,11H,3,8,10H2,1-2H3,(H,18,22)(H,19,20,21)/t11-/m0/s1. The van der Waals surface area contributed by atoms with Crippen molar-refractivity contribution in [2.75, 3.05) is 11.1 Å². The summed E-state index contributed by atoms with van der Waals surface area (Å²) in [6, 6.07) is 9.78. The van der Waals surface area contributed by atoms with Crippen molar-refractivity contribution in [1.82, 2.24) is 15.2 Å². The van der Waals surface area contributed by atoms with Crippen molar-refractivity contribution >= 4 is 35.1 Å². The monoisotopic (exact) mass is 361 g/mol. The van der Waals surface area contributed by atoms with Crippen LogP contribution < -0.4 is 5.32 Å². The summed E-state index contributed by atoms with van der Waals surface area (Å²) >= 11 is 2.88. The van der Waals surface area contributed by atoms with Gasteiger partial charge in [-0.15, -0.1) is 16.9 Å². The van der Waals surface area contributed by atoms with Crippen LogP contribution >= 0.6 is 23.5 Å². The van der Waals surface area contributed by atoms with Gasteiger partial charge in [-0.05, 0) is 12.1 Å². The topological polar surface area (TPSA) is 94.5 Å². The molecule has 0 aliphatic heterocycles. The number of amides is 1. The Morgan fingerprint density at radius 1 is 1.46 bits per heavy atom. The van der Waals surface area contributed by atoms with E-state index in [1.54, 1.807) is 11.8 Å². The lowest BCUT2D eigenvalue weighted by Gasteiger charge is -2.13. The van der Waals surface area contributed by atoms with Crippen LogP contribution in [0.3, 0.4) is 0 Å². The van der Waals surface area contributed by atoms with Crippen LogP contribution in [-0.2, 0) is 11.2 Å². The van der Waals surface area contributed by atoms with Crippen LogP contribution in [0.25, 0.3) is 0 Å². The Hall–Kier alpha value is -1.98. The molecule has 0 aliphatic carbocycles. The van der Waals surface area contributed by atoms with Gasteiger partial charge in [0.1, 0.15) is 5.82 Å². The molecule has 1 amide bonds. The third-order valence-corrected chi connectivity index (χ3v) is 5.07. The second kappa shape index (κ2) is 9.35. The van der Waals surface area contributed by atoms with Gasteiger partial charge in [0.2, 0.25) is 11.1 Å². The van der Waals surface area contributed by atoms with E-state index in [2.05, 4.69) is 26.6 Å². The molecule has 0 spiro atoms. The summed E-state index contributed by atoms with van der Waals surface area (Å²) < 4.78 is 0. The Morgan fingerprint density at radius 3 is 2.96 bits per heavy atom. The molecule has 1 aromatic carbocycles.